The quantitative estimate of drug-likeness (QED) is 0.847. The van der Waals surface area contributed by atoms with Crippen LogP contribution < -0.4 is 10.6 Å². The number of carbonyl (C=O) groups is 1. The van der Waals surface area contributed by atoms with E-state index in [0.717, 1.165) is 5.56 Å². The van der Waals surface area contributed by atoms with Gasteiger partial charge in [-0.1, -0.05) is 29.8 Å². The Bertz CT molecular complexity index is 410. The summed E-state index contributed by atoms with van der Waals surface area (Å²) in [5.41, 5.74) is 1.02. The lowest BCUT2D eigenvalue weighted by Crippen LogP contribution is -2.31. The van der Waals surface area contributed by atoms with E-state index in [1.54, 1.807) is 6.20 Å². The van der Waals surface area contributed by atoms with E-state index in [1.165, 1.54) is 12.8 Å². The first-order valence-corrected chi connectivity index (χ1v) is 6.07. The Morgan fingerprint density at radius 3 is 2.71 bits per heavy atom. The predicted octanol–water partition coefficient (Wildman–Crippen LogP) is 3.06. The summed E-state index contributed by atoms with van der Waals surface area (Å²) in [5.74, 6) is 0.673. The summed E-state index contributed by atoms with van der Waals surface area (Å²) in [6.07, 6.45) is 6.23. The Balaban J connectivity index is 1.69. The van der Waals surface area contributed by atoms with Gasteiger partial charge in [-0.05, 0) is 36.5 Å². The van der Waals surface area contributed by atoms with Crippen LogP contribution in [0.25, 0.3) is 0 Å². The minimum absolute atomic E-state index is 0.183. The number of benzene rings is 1. The van der Waals surface area contributed by atoms with Crippen LogP contribution in [0.2, 0.25) is 5.02 Å². The molecule has 1 aliphatic rings. The smallest absolute Gasteiger partial charge is 0.319 e. The molecule has 4 heteroatoms. The highest BCUT2D eigenvalue weighted by molar-refractivity contribution is 6.30. The third kappa shape index (κ3) is 4.49. The van der Waals surface area contributed by atoms with E-state index in [-0.39, 0.29) is 6.03 Å². The molecule has 1 aromatic rings. The molecule has 1 aliphatic carbocycles. The molecule has 0 radical (unpaired) electrons. The summed E-state index contributed by atoms with van der Waals surface area (Å²) in [6.45, 7) is 0.500. The molecule has 0 heterocycles. The SMILES string of the molecule is O=C(N/C=C/C1CC1)NCc1ccc(Cl)cc1. The zero-order chi connectivity index (χ0) is 12.1. The number of carbonyl (C=O) groups excluding carboxylic acids is 1. The van der Waals surface area contributed by atoms with Crippen molar-refractivity contribution in [2.45, 2.75) is 19.4 Å². The molecule has 90 valence electrons. The number of nitrogens with one attached hydrogen (secondary N) is 2. The van der Waals surface area contributed by atoms with Crippen molar-refractivity contribution in [2.75, 3.05) is 0 Å². The molecule has 2 amide bonds. The molecule has 0 spiro atoms. The summed E-state index contributed by atoms with van der Waals surface area (Å²) in [4.78, 5) is 11.4. The lowest BCUT2D eigenvalue weighted by Gasteiger charge is -2.04. The largest absolute Gasteiger partial charge is 0.334 e. The van der Waals surface area contributed by atoms with E-state index in [9.17, 15) is 4.79 Å². The Morgan fingerprint density at radius 1 is 1.35 bits per heavy atom. The second kappa shape index (κ2) is 5.73. The minimum atomic E-state index is -0.183. The van der Waals surface area contributed by atoms with Gasteiger partial charge < -0.3 is 10.6 Å². The molecular weight excluding hydrogens is 236 g/mol. The number of hydrogen-bond acceptors (Lipinski definition) is 1. The van der Waals surface area contributed by atoms with Gasteiger partial charge in [0.15, 0.2) is 0 Å². The zero-order valence-electron chi connectivity index (χ0n) is 9.45. The van der Waals surface area contributed by atoms with Crippen molar-refractivity contribution in [3.8, 4) is 0 Å². The maximum Gasteiger partial charge on any atom is 0.319 e. The first kappa shape index (κ1) is 12.0. The summed E-state index contributed by atoms with van der Waals surface area (Å²) >= 11 is 5.77. The fourth-order valence-corrected chi connectivity index (χ4v) is 1.51. The van der Waals surface area contributed by atoms with Crippen molar-refractivity contribution < 1.29 is 4.79 Å². The van der Waals surface area contributed by atoms with Crippen LogP contribution in [0.5, 0.6) is 0 Å². The fourth-order valence-electron chi connectivity index (χ4n) is 1.38. The van der Waals surface area contributed by atoms with Crippen LogP contribution in [-0.4, -0.2) is 6.03 Å². The van der Waals surface area contributed by atoms with E-state index < -0.39 is 0 Å². The average Bonchev–Trinajstić information content (AvgIpc) is 3.12. The molecule has 0 saturated heterocycles. The highest BCUT2D eigenvalue weighted by Crippen LogP contribution is 2.29. The van der Waals surface area contributed by atoms with Gasteiger partial charge in [-0.3, -0.25) is 0 Å². The van der Waals surface area contributed by atoms with E-state index in [4.69, 9.17) is 11.6 Å². The van der Waals surface area contributed by atoms with Crippen LogP contribution in [-0.2, 0) is 6.54 Å². The summed E-state index contributed by atoms with van der Waals surface area (Å²) < 4.78 is 0. The van der Waals surface area contributed by atoms with E-state index >= 15 is 0 Å². The number of amides is 2. The number of allylic oxidation sites excluding steroid dienone is 1. The van der Waals surface area contributed by atoms with Crippen molar-refractivity contribution >= 4 is 17.6 Å². The van der Waals surface area contributed by atoms with Gasteiger partial charge in [0.05, 0.1) is 0 Å². The summed E-state index contributed by atoms with van der Waals surface area (Å²) in [6, 6.07) is 7.22. The van der Waals surface area contributed by atoms with Gasteiger partial charge in [0, 0.05) is 17.8 Å². The second-order valence-electron chi connectivity index (χ2n) is 4.15. The van der Waals surface area contributed by atoms with Crippen LogP contribution in [0.4, 0.5) is 4.79 Å². The average molecular weight is 251 g/mol. The van der Waals surface area contributed by atoms with Gasteiger partial charge in [-0.15, -0.1) is 0 Å². The molecule has 0 bridgehead atoms. The first-order chi connectivity index (χ1) is 8.24. The van der Waals surface area contributed by atoms with Gasteiger partial charge in [-0.25, -0.2) is 4.79 Å². The molecule has 2 N–H and O–H groups in total. The number of urea groups is 1. The number of hydrogen-bond donors (Lipinski definition) is 2. The molecule has 2 rings (SSSR count). The third-order valence-corrected chi connectivity index (χ3v) is 2.82. The highest BCUT2D eigenvalue weighted by Gasteiger charge is 2.16. The molecular formula is C13H15ClN2O. The van der Waals surface area contributed by atoms with Gasteiger partial charge >= 0.3 is 6.03 Å². The minimum Gasteiger partial charge on any atom is -0.334 e. The molecule has 1 aromatic carbocycles. The standard InChI is InChI=1S/C13H15ClN2O/c14-12-5-3-11(4-6-12)9-16-13(17)15-8-7-10-1-2-10/h3-8,10H,1-2,9H2,(H2,15,16,17)/b8-7+. The highest BCUT2D eigenvalue weighted by atomic mass is 35.5. The molecule has 1 saturated carbocycles. The van der Waals surface area contributed by atoms with Crippen LogP contribution in [0.3, 0.4) is 0 Å². The Labute approximate surface area is 106 Å². The van der Waals surface area contributed by atoms with Crippen molar-refractivity contribution in [2.24, 2.45) is 5.92 Å². The summed E-state index contributed by atoms with van der Waals surface area (Å²) in [7, 11) is 0. The molecule has 17 heavy (non-hydrogen) atoms. The molecule has 0 aliphatic heterocycles. The third-order valence-electron chi connectivity index (χ3n) is 2.57. The predicted molar refractivity (Wildman–Crippen MR) is 68.7 cm³/mol. The van der Waals surface area contributed by atoms with Crippen molar-refractivity contribution in [1.29, 1.82) is 0 Å². The monoisotopic (exact) mass is 250 g/mol. The van der Waals surface area contributed by atoms with Gasteiger partial charge in [0.25, 0.3) is 0 Å². The lowest BCUT2D eigenvalue weighted by atomic mass is 10.2. The van der Waals surface area contributed by atoms with Gasteiger partial charge in [0.2, 0.25) is 0 Å². The summed E-state index contributed by atoms with van der Waals surface area (Å²) in [5, 5.41) is 6.15. The van der Waals surface area contributed by atoms with Gasteiger partial charge in [-0.2, -0.15) is 0 Å². The maximum absolute atomic E-state index is 11.4. The Kier molecular flexibility index (Phi) is 4.04. The lowest BCUT2D eigenvalue weighted by molar-refractivity contribution is 0.243. The molecule has 0 unspecified atom stereocenters. The molecule has 1 fully saturated rings. The van der Waals surface area contributed by atoms with Crippen LogP contribution in [0.15, 0.2) is 36.5 Å². The van der Waals surface area contributed by atoms with E-state index in [1.807, 2.05) is 30.3 Å². The molecule has 0 aromatic heterocycles. The van der Waals surface area contributed by atoms with Crippen LogP contribution in [0, 0.1) is 5.92 Å². The van der Waals surface area contributed by atoms with Gasteiger partial charge in [0.1, 0.15) is 0 Å². The van der Waals surface area contributed by atoms with Crippen LogP contribution >= 0.6 is 11.6 Å². The Morgan fingerprint density at radius 2 is 2.06 bits per heavy atom. The topological polar surface area (TPSA) is 41.1 Å². The number of rotatable bonds is 4. The molecule has 3 nitrogen and oxygen atoms in total. The molecule has 0 atom stereocenters. The first-order valence-electron chi connectivity index (χ1n) is 5.69. The normalized spacial score (nSPS) is 14.9. The van der Waals surface area contributed by atoms with Crippen molar-refractivity contribution in [3.63, 3.8) is 0 Å². The van der Waals surface area contributed by atoms with Crippen molar-refractivity contribution in [1.82, 2.24) is 10.6 Å². The van der Waals surface area contributed by atoms with E-state index in [2.05, 4.69) is 10.6 Å². The van der Waals surface area contributed by atoms with E-state index in [0.29, 0.717) is 17.5 Å². The fraction of sp³-hybridized carbons (Fsp3) is 0.308. The van der Waals surface area contributed by atoms with Crippen LogP contribution in [0.1, 0.15) is 18.4 Å². The van der Waals surface area contributed by atoms with Crippen molar-refractivity contribution in [3.05, 3.63) is 47.1 Å². The number of halogens is 1. The zero-order valence-corrected chi connectivity index (χ0v) is 10.2. The second-order valence-corrected chi connectivity index (χ2v) is 4.59. The Hall–Kier alpha value is -1.48. The maximum atomic E-state index is 11.4.